The van der Waals surface area contributed by atoms with E-state index in [1.165, 1.54) is 6.42 Å². The zero-order valence-corrected chi connectivity index (χ0v) is 10.4. The molecule has 0 heterocycles. The summed E-state index contributed by atoms with van der Waals surface area (Å²) in [5.74, 6) is 2.38. The summed E-state index contributed by atoms with van der Waals surface area (Å²) in [6.07, 6.45) is 1.23. The van der Waals surface area contributed by atoms with Gasteiger partial charge in [0.15, 0.2) is 0 Å². The fourth-order valence-corrected chi connectivity index (χ4v) is 0.408. The van der Waals surface area contributed by atoms with Gasteiger partial charge in [-0.3, -0.25) is 0 Å². The van der Waals surface area contributed by atoms with Crippen molar-refractivity contribution < 1.29 is 24.0 Å². The average Bonchev–Trinajstić information content (AvgIpc) is 1.65. The fourth-order valence-electron chi connectivity index (χ4n) is 0.408. The molecule has 0 aromatic heterocycles. The molecule has 0 aliphatic heterocycles. The van der Waals surface area contributed by atoms with E-state index in [-0.39, 0.29) is 47.0 Å². The van der Waals surface area contributed by atoms with Gasteiger partial charge in [-0.15, -0.1) is 0 Å². The predicted octanol–water partition coefficient (Wildman–Crippen LogP) is -0.730. The molecule has 0 unspecified atom stereocenters. The molecule has 9 heavy (non-hydrogen) atoms. The third kappa shape index (κ3) is 9.50. The Morgan fingerprint density at radius 1 is 1.33 bits per heavy atom. The van der Waals surface area contributed by atoms with E-state index in [4.69, 9.17) is 0 Å². The van der Waals surface area contributed by atoms with Crippen molar-refractivity contribution in [1.29, 1.82) is 0 Å². The van der Waals surface area contributed by atoms with Crippen LogP contribution < -0.4 is 24.0 Å². The summed E-state index contributed by atoms with van der Waals surface area (Å²) in [5.41, 5.74) is 0. The largest absolute Gasteiger partial charge is 2.00 e. The predicted molar refractivity (Wildman–Crippen MR) is 39.8 cm³/mol. The molecule has 0 radical (unpaired) electrons. The molecule has 2 heteroatoms. The summed E-state index contributed by atoms with van der Waals surface area (Å²) in [6, 6.07) is 0. The van der Waals surface area contributed by atoms with Crippen LogP contribution in [-0.4, -0.2) is 23.1 Å². The molecule has 0 N–H and O–H groups in total. The Morgan fingerprint density at radius 2 is 1.67 bits per heavy atom. The summed E-state index contributed by atoms with van der Waals surface area (Å²) in [5, 5.41) is 0. The van der Waals surface area contributed by atoms with Crippen molar-refractivity contribution in [1.82, 2.24) is 0 Å². The van der Waals surface area contributed by atoms with E-state index in [2.05, 4.69) is 27.7 Å². The fraction of sp³-hybridized carbons (Fsp3) is 0.857. The van der Waals surface area contributed by atoms with Crippen LogP contribution >= 0.6 is 0 Å². The summed E-state index contributed by atoms with van der Waals surface area (Å²) < 4.78 is 0. The molecule has 0 aliphatic carbocycles. The van der Waals surface area contributed by atoms with Gasteiger partial charge in [0.1, 0.15) is 0 Å². The standard InChI is InChI=1S/C7H15.HI.Mg/c1-5-7(4)6(2)3;;/h6H,5H2,1-4H3;1H;/q-1;;+2/p-1. The van der Waals surface area contributed by atoms with Crippen LogP contribution in [-0.2, 0) is 0 Å². The van der Waals surface area contributed by atoms with Crippen LogP contribution in [0, 0.1) is 11.8 Å². The van der Waals surface area contributed by atoms with Crippen molar-refractivity contribution in [2.45, 2.75) is 34.1 Å². The van der Waals surface area contributed by atoms with Gasteiger partial charge in [0.05, 0.1) is 0 Å². The maximum absolute atomic E-state index is 2.23. The van der Waals surface area contributed by atoms with Crippen LogP contribution in [0.3, 0.4) is 0 Å². The van der Waals surface area contributed by atoms with Crippen molar-refractivity contribution in [3.05, 3.63) is 5.92 Å². The Labute approximate surface area is 92.3 Å². The molecule has 0 saturated carbocycles. The second kappa shape index (κ2) is 9.50. The van der Waals surface area contributed by atoms with Crippen molar-refractivity contribution in [2.75, 3.05) is 0 Å². The summed E-state index contributed by atoms with van der Waals surface area (Å²) in [7, 11) is 0. The van der Waals surface area contributed by atoms with Gasteiger partial charge in [0.2, 0.25) is 0 Å². The average molecular weight is 250 g/mol. The minimum atomic E-state index is 0. The summed E-state index contributed by atoms with van der Waals surface area (Å²) >= 11 is 0. The van der Waals surface area contributed by atoms with E-state index >= 15 is 0 Å². The van der Waals surface area contributed by atoms with Crippen LogP contribution in [0.4, 0.5) is 0 Å². The zero-order valence-electron chi connectivity index (χ0n) is 6.87. The topological polar surface area (TPSA) is 0 Å². The Hall–Kier alpha value is 1.50. The molecule has 0 saturated heterocycles. The molecule has 0 aromatic carbocycles. The van der Waals surface area contributed by atoms with Gasteiger partial charge >= 0.3 is 23.1 Å². The van der Waals surface area contributed by atoms with Gasteiger partial charge in [-0.1, -0.05) is 20.8 Å². The Bertz CT molecular complexity index is 46.2. The van der Waals surface area contributed by atoms with Gasteiger partial charge in [-0.25, -0.2) is 0 Å². The van der Waals surface area contributed by atoms with Crippen molar-refractivity contribution in [2.24, 2.45) is 5.92 Å². The monoisotopic (exact) mass is 250 g/mol. The second-order valence-electron chi connectivity index (χ2n) is 2.35. The number of halogens is 1. The zero-order chi connectivity index (χ0) is 5.86. The first-order valence-corrected chi connectivity index (χ1v) is 3.00. The molecule has 0 spiro atoms. The minimum Gasteiger partial charge on any atom is -1.00 e. The van der Waals surface area contributed by atoms with E-state index < -0.39 is 0 Å². The first-order chi connectivity index (χ1) is 3.18. The normalized spacial score (nSPS) is 8.67. The molecule has 0 nitrogen and oxygen atoms in total. The number of hydrogen-bond donors (Lipinski definition) is 0. The molecule has 0 bridgehead atoms. The Kier molecular flexibility index (Phi) is 17.8. The first-order valence-electron chi connectivity index (χ1n) is 3.00. The maximum Gasteiger partial charge on any atom is 2.00 e. The quantitative estimate of drug-likeness (QED) is 0.344. The third-order valence-electron chi connectivity index (χ3n) is 1.54. The molecule has 52 valence electrons. The van der Waals surface area contributed by atoms with E-state index in [0.29, 0.717) is 0 Å². The molecular weight excluding hydrogens is 235 g/mol. The van der Waals surface area contributed by atoms with E-state index in [1.54, 1.807) is 5.92 Å². The smallest absolute Gasteiger partial charge is 1.00 e. The van der Waals surface area contributed by atoms with E-state index in [9.17, 15) is 0 Å². The molecule has 0 atom stereocenters. The van der Waals surface area contributed by atoms with Crippen LogP contribution in [0.15, 0.2) is 0 Å². The van der Waals surface area contributed by atoms with Gasteiger partial charge in [-0.2, -0.15) is 19.3 Å². The van der Waals surface area contributed by atoms with Crippen LogP contribution in [0.2, 0.25) is 0 Å². The number of rotatable bonds is 2. The first kappa shape index (κ1) is 16.8. The van der Waals surface area contributed by atoms with Gasteiger partial charge in [-0.05, 0) is 0 Å². The molecule has 0 amide bonds. The molecule has 0 rings (SSSR count). The Balaban J connectivity index is -0.000000180. The van der Waals surface area contributed by atoms with Crippen molar-refractivity contribution in [3.8, 4) is 0 Å². The molecule has 0 fully saturated rings. The van der Waals surface area contributed by atoms with Gasteiger partial charge < -0.3 is 29.9 Å². The van der Waals surface area contributed by atoms with E-state index in [1.807, 2.05) is 0 Å². The van der Waals surface area contributed by atoms with Crippen LogP contribution in [0.25, 0.3) is 0 Å². The molecule has 0 aliphatic rings. The second-order valence-corrected chi connectivity index (χ2v) is 2.35. The van der Waals surface area contributed by atoms with Gasteiger partial charge in [0.25, 0.3) is 0 Å². The van der Waals surface area contributed by atoms with Crippen molar-refractivity contribution >= 4 is 23.1 Å². The minimum absolute atomic E-state index is 0. The SMILES string of the molecule is CC[C-](C)C(C)C.[I-].[Mg+2]. The van der Waals surface area contributed by atoms with Crippen LogP contribution in [0.1, 0.15) is 34.1 Å². The van der Waals surface area contributed by atoms with E-state index in [0.717, 1.165) is 5.92 Å². The number of hydrogen-bond acceptors (Lipinski definition) is 0. The maximum atomic E-state index is 2.23. The Morgan fingerprint density at radius 3 is 1.67 bits per heavy atom. The van der Waals surface area contributed by atoms with Crippen LogP contribution in [0.5, 0.6) is 0 Å². The third-order valence-corrected chi connectivity index (χ3v) is 1.54. The summed E-state index contributed by atoms with van der Waals surface area (Å²) in [6.45, 7) is 8.89. The van der Waals surface area contributed by atoms with Gasteiger partial charge in [0, 0.05) is 0 Å². The molecule has 0 aromatic rings. The summed E-state index contributed by atoms with van der Waals surface area (Å²) in [4.78, 5) is 0. The molecular formula is C7H15IMg. The van der Waals surface area contributed by atoms with Crippen molar-refractivity contribution in [3.63, 3.8) is 0 Å².